The highest BCUT2D eigenvalue weighted by Crippen LogP contribution is 2.18. The normalized spacial score (nSPS) is 14.0. The van der Waals surface area contributed by atoms with Gasteiger partial charge in [-0.3, -0.25) is 4.79 Å². The van der Waals surface area contributed by atoms with E-state index in [1.165, 1.54) is 12.1 Å². The van der Waals surface area contributed by atoms with Crippen LogP contribution in [0.5, 0.6) is 5.75 Å². The first-order valence-electron chi connectivity index (χ1n) is 6.67. The Morgan fingerprint density at radius 3 is 2.47 bits per heavy atom. The standard InChI is InChI=1S/C15H22FNO2/c1-5-13(15(18)17-11(4)10(2)3)19-14-9-7-6-8-12(14)16/h6-11,13H,5H2,1-4H3,(H,17,18)/t11-,13-/m0/s1. The molecule has 0 saturated carbocycles. The predicted octanol–water partition coefficient (Wildman–Crippen LogP) is 3.14. The van der Waals surface area contributed by atoms with Gasteiger partial charge in [-0.2, -0.15) is 0 Å². The molecule has 0 radical (unpaired) electrons. The average molecular weight is 267 g/mol. The second kappa shape index (κ2) is 7.12. The van der Waals surface area contributed by atoms with Crippen LogP contribution in [0.1, 0.15) is 34.1 Å². The van der Waals surface area contributed by atoms with Crippen LogP contribution in [-0.2, 0) is 4.79 Å². The maximum absolute atomic E-state index is 13.5. The van der Waals surface area contributed by atoms with Gasteiger partial charge in [-0.25, -0.2) is 4.39 Å². The molecule has 1 aromatic carbocycles. The molecule has 0 aliphatic rings. The number of hydrogen-bond acceptors (Lipinski definition) is 2. The second-order valence-corrected chi connectivity index (χ2v) is 4.99. The number of ether oxygens (including phenoxy) is 1. The molecule has 0 spiro atoms. The van der Waals surface area contributed by atoms with Crippen molar-refractivity contribution in [3.63, 3.8) is 0 Å². The van der Waals surface area contributed by atoms with Gasteiger partial charge in [0, 0.05) is 6.04 Å². The zero-order chi connectivity index (χ0) is 14.4. The zero-order valence-corrected chi connectivity index (χ0v) is 11.9. The molecule has 0 aliphatic carbocycles. The minimum Gasteiger partial charge on any atom is -0.478 e. The van der Waals surface area contributed by atoms with Crippen molar-refractivity contribution in [2.75, 3.05) is 0 Å². The van der Waals surface area contributed by atoms with Gasteiger partial charge < -0.3 is 10.1 Å². The minimum absolute atomic E-state index is 0.0609. The summed E-state index contributed by atoms with van der Waals surface area (Å²) >= 11 is 0. The van der Waals surface area contributed by atoms with Crippen LogP contribution in [0.25, 0.3) is 0 Å². The fourth-order valence-electron chi connectivity index (χ4n) is 1.50. The maximum Gasteiger partial charge on any atom is 0.261 e. The molecule has 106 valence electrons. The Hall–Kier alpha value is -1.58. The van der Waals surface area contributed by atoms with Crippen molar-refractivity contribution in [1.29, 1.82) is 0 Å². The Labute approximate surface area is 114 Å². The molecule has 1 N–H and O–H groups in total. The van der Waals surface area contributed by atoms with E-state index in [2.05, 4.69) is 5.32 Å². The summed E-state index contributed by atoms with van der Waals surface area (Å²) in [7, 11) is 0. The van der Waals surface area contributed by atoms with E-state index in [4.69, 9.17) is 4.74 Å². The molecule has 0 heterocycles. The smallest absolute Gasteiger partial charge is 0.261 e. The number of carbonyl (C=O) groups excluding carboxylic acids is 1. The van der Waals surface area contributed by atoms with Gasteiger partial charge in [-0.05, 0) is 31.4 Å². The lowest BCUT2D eigenvalue weighted by molar-refractivity contribution is -0.129. The summed E-state index contributed by atoms with van der Waals surface area (Å²) in [5, 5.41) is 2.88. The lowest BCUT2D eigenvalue weighted by Gasteiger charge is -2.22. The van der Waals surface area contributed by atoms with Crippen molar-refractivity contribution >= 4 is 5.91 Å². The van der Waals surface area contributed by atoms with Crippen LogP contribution in [0.2, 0.25) is 0 Å². The molecule has 0 fully saturated rings. The van der Waals surface area contributed by atoms with Gasteiger partial charge in [-0.15, -0.1) is 0 Å². The van der Waals surface area contributed by atoms with Crippen LogP contribution < -0.4 is 10.1 Å². The summed E-state index contributed by atoms with van der Waals surface area (Å²) in [6.07, 6.45) is -0.177. The fourth-order valence-corrected chi connectivity index (χ4v) is 1.50. The van der Waals surface area contributed by atoms with E-state index in [1.807, 2.05) is 27.7 Å². The van der Waals surface area contributed by atoms with Gasteiger partial charge in [0.25, 0.3) is 5.91 Å². The first-order valence-corrected chi connectivity index (χ1v) is 6.67. The van der Waals surface area contributed by atoms with Crippen LogP contribution in [0.4, 0.5) is 4.39 Å². The number of para-hydroxylation sites is 1. The molecule has 2 atom stereocenters. The van der Waals surface area contributed by atoms with Crippen molar-refractivity contribution in [3.05, 3.63) is 30.1 Å². The molecule has 1 amide bonds. The minimum atomic E-state index is -0.668. The van der Waals surface area contributed by atoms with E-state index in [9.17, 15) is 9.18 Å². The van der Waals surface area contributed by atoms with Crippen LogP contribution in [0.3, 0.4) is 0 Å². The number of amides is 1. The molecule has 0 bridgehead atoms. The van der Waals surface area contributed by atoms with Gasteiger partial charge in [0.15, 0.2) is 17.7 Å². The molecule has 0 aromatic heterocycles. The van der Waals surface area contributed by atoms with E-state index in [0.29, 0.717) is 12.3 Å². The molecule has 1 aromatic rings. The Morgan fingerprint density at radius 1 is 1.32 bits per heavy atom. The summed E-state index contributed by atoms with van der Waals surface area (Å²) in [6, 6.07) is 6.17. The lowest BCUT2D eigenvalue weighted by Crippen LogP contribution is -2.44. The molecular weight excluding hydrogens is 245 g/mol. The van der Waals surface area contributed by atoms with E-state index in [0.717, 1.165) is 0 Å². The summed E-state index contributed by atoms with van der Waals surface area (Å²) in [4.78, 5) is 12.0. The third-order valence-corrected chi connectivity index (χ3v) is 3.14. The Kier molecular flexibility index (Phi) is 5.80. The quantitative estimate of drug-likeness (QED) is 0.860. The molecule has 19 heavy (non-hydrogen) atoms. The highest BCUT2D eigenvalue weighted by Gasteiger charge is 2.22. The number of rotatable bonds is 6. The van der Waals surface area contributed by atoms with Crippen LogP contribution in [0.15, 0.2) is 24.3 Å². The fraction of sp³-hybridized carbons (Fsp3) is 0.533. The van der Waals surface area contributed by atoms with Crippen LogP contribution in [0, 0.1) is 11.7 Å². The Bertz CT molecular complexity index is 420. The van der Waals surface area contributed by atoms with Crippen molar-refractivity contribution in [3.8, 4) is 5.75 Å². The highest BCUT2D eigenvalue weighted by molar-refractivity contribution is 5.81. The topological polar surface area (TPSA) is 38.3 Å². The summed E-state index contributed by atoms with van der Waals surface area (Å²) < 4.78 is 18.9. The number of nitrogens with one attached hydrogen (secondary N) is 1. The van der Waals surface area contributed by atoms with Crippen LogP contribution >= 0.6 is 0 Å². The van der Waals surface area contributed by atoms with Gasteiger partial charge in [0.1, 0.15) is 0 Å². The monoisotopic (exact) mass is 267 g/mol. The van der Waals surface area contributed by atoms with E-state index in [1.54, 1.807) is 12.1 Å². The maximum atomic E-state index is 13.5. The third kappa shape index (κ3) is 4.54. The molecule has 0 aliphatic heterocycles. The van der Waals surface area contributed by atoms with Gasteiger partial charge in [0.05, 0.1) is 0 Å². The van der Waals surface area contributed by atoms with E-state index < -0.39 is 11.9 Å². The number of halogens is 1. The summed E-state index contributed by atoms with van der Waals surface area (Å²) in [5.41, 5.74) is 0. The average Bonchev–Trinajstić information content (AvgIpc) is 2.37. The molecule has 3 nitrogen and oxygen atoms in total. The van der Waals surface area contributed by atoms with Gasteiger partial charge >= 0.3 is 0 Å². The summed E-state index contributed by atoms with van der Waals surface area (Å²) in [5.74, 6) is -0.200. The lowest BCUT2D eigenvalue weighted by atomic mass is 10.1. The second-order valence-electron chi connectivity index (χ2n) is 4.99. The first-order chi connectivity index (χ1) is 8.95. The zero-order valence-electron chi connectivity index (χ0n) is 11.9. The number of hydrogen-bond donors (Lipinski definition) is 1. The van der Waals surface area contributed by atoms with Gasteiger partial charge in [-0.1, -0.05) is 32.9 Å². The van der Waals surface area contributed by atoms with Crippen molar-refractivity contribution < 1.29 is 13.9 Å². The van der Waals surface area contributed by atoms with Crippen molar-refractivity contribution in [2.45, 2.75) is 46.3 Å². The molecular formula is C15H22FNO2. The molecule has 4 heteroatoms. The molecule has 0 unspecified atom stereocenters. The van der Waals surface area contributed by atoms with E-state index in [-0.39, 0.29) is 17.7 Å². The number of carbonyl (C=O) groups is 1. The summed E-state index contributed by atoms with van der Waals surface area (Å²) in [6.45, 7) is 7.84. The number of benzene rings is 1. The third-order valence-electron chi connectivity index (χ3n) is 3.14. The Balaban J connectivity index is 2.68. The largest absolute Gasteiger partial charge is 0.478 e. The van der Waals surface area contributed by atoms with Crippen molar-refractivity contribution in [1.82, 2.24) is 5.32 Å². The van der Waals surface area contributed by atoms with E-state index >= 15 is 0 Å². The highest BCUT2D eigenvalue weighted by atomic mass is 19.1. The molecule has 1 rings (SSSR count). The van der Waals surface area contributed by atoms with Crippen molar-refractivity contribution in [2.24, 2.45) is 5.92 Å². The molecule has 0 saturated heterocycles. The Morgan fingerprint density at radius 2 is 1.95 bits per heavy atom. The van der Waals surface area contributed by atoms with Crippen LogP contribution in [-0.4, -0.2) is 18.1 Å². The SMILES string of the molecule is CC[C@H](Oc1ccccc1F)C(=O)N[C@@H](C)C(C)C. The van der Waals surface area contributed by atoms with Gasteiger partial charge in [0.2, 0.25) is 0 Å². The first kappa shape index (κ1) is 15.5. The predicted molar refractivity (Wildman–Crippen MR) is 73.5 cm³/mol.